The predicted molar refractivity (Wildman–Crippen MR) is 82.3 cm³/mol. The van der Waals surface area contributed by atoms with Gasteiger partial charge in [0.05, 0.1) is 32.8 Å². The molecule has 1 aromatic carbocycles. The first kappa shape index (κ1) is 16.2. The lowest BCUT2D eigenvalue weighted by molar-refractivity contribution is -0.914. The van der Waals surface area contributed by atoms with E-state index in [4.69, 9.17) is 0 Å². The molecule has 1 fully saturated rings. The molecule has 0 unspecified atom stereocenters. The topological polar surface area (TPSA) is 20.2 Å². The third kappa shape index (κ3) is 5.33. The highest BCUT2D eigenvalue weighted by Gasteiger charge is 2.28. The molecule has 1 saturated heterocycles. The van der Waals surface area contributed by atoms with Crippen molar-refractivity contribution in [3.05, 3.63) is 35.4 Å². The summed E-state index contributed by atoms with van der Waals surface area (Å²) in [4.78, 5) is 0. The van der Waals surface area contributed by atoms with Crippen LogP contribution in [0.3, 0.4) is 0 Å². The van der Waals surface area contributed by atoms with Crippen LogP contribution in [-0.4, -0.2) is 42.4 Å². The number of quaternary nitrogens is 1. The molecule has 1 heterocycles. The van der Waals surface area contributed by atoms with Crippen molar-refractivity contribution in [1.29, 1.82) is 0 Å². The maximum Gasteiger partial charge on any atom is 0.0825 e. The van der Waals surface area contributed by atoms with Gasteiger partial charge in [-0.3, -0.25) is 0 Å². The molecule has 0 spiro atoms. The molecule has 2 rings (SSSR count). The van der Waals surface area contributed by atoms with E-state index in [1.54, 1.807) is 0 Å². The molecule has 0 aromatic heterocycles. The van der Waals surface area contributed by atoms with E-state index in [1.165, 1.54) is 17.7 Å². The van der Waals surface area contributed by atoms with Crippen LogP contribution in [0.5, 0.6) is 0 Å². The van der Waals surface area contributed by atoms with E-state index in [0.717, 1.165) is 36.8 Å². The Morgan fingerprint density at radius 2 is 1.63 bits per heavy atom. The van der Waals surface area contributed by atoms with Gasteiger partial charge in [-0.1, -0.05) is 43.7 Å². The first-order valence-corrected chi connectivity index (χ1v) is 7.65. The van der Waals surface area contributed by atoms with Crippen LogP contribution >= 0.6 is 0 Å². The standard InChI is InChI=1S/C15H24NO.C2H6/c1-13-3-5-14(6-4-13)7-10-16(2)11-8-15(17)9-12-16;1-2/h3-6,15,17H,7-12H2,1-2H3;1-2H3/q+1;. The number of nitrogens with zero attached hydrogens (tertiary/aromatic N) is 1. The van der Waals surface area contributed by atoms with Gasteiger partial charge in [0.25, 0.3) is 0 Å². The minimum atomic E-state index is -0.0550. The van der Waals surface area contributed by atoms with Gasteiger partial charge in [-0.05, 0) is 12.5 Å². The van der Waals surface area contributed by atoms with Crippen molar-refractivity contribution in [3.8, 4) is 0 Å². The summed E-state index contributed by atoms with van der Waals surface area (Å²) in [6, 6.07) is 8.85. The zero-order chi connectivity index (χ0) is 14.3. The van der Waals surface area contributed by atoms with Gasteiger partial charge in [-0.2, -0.15) is 0 Å². The molecule has 0 amide bonds. The average molecular weight is 264 g/mol. The Bertz CT molecular complexity index is 350. The number of piperidine rings is 1. The molecule has 1 aliphatic heterocycles. The molecule has 19 heavy (non-hydrogen) atoms. The lowest BCUT2D eigenvalue weighted by atomic mass is 10.0. The Labute approximate surface area is 118 Å². The van der Waals surface area contributed by atoms with Crippen molar-refractivity contribution in [2.75, 3.05) is 26.7 Å². The average Bonchev–Trinajstić information content (AvgIpc) is 2.44. The molecule has 108 valence electrons. The molecule has 1 N–H and O–H groups in total. The number of rotatable bonds is 3. The third-order valence-electron chi connectivity index (χ3n) is 4.07. The van der Waals surface area contributed by atoms with Crippen molar-refractivity contribution in [2.45, 2.75) is 46.1 Å². The van der Waals surface area contributed by atoms with Crippen LogP contribution in [-0.2, 0) is 6.42 Å². The summed E-state index contributed by atoms with van der Waals surface area (Å²) in [6.45, 7) is 9.56. The second-order valence-corrected chi connectivity index (χ2v) is 5.76. The first-order chi connectivity index (χ1) is 9.07. The molecule has 0 radical (unpaired) electrons. The van der Waals surface area contributed by atoms with Crippen LogP contribution < -0.4 is 0 Å². The van der Waals surface area contributed by atoms with Gasteiger partial charge < -0.3 is 9.59 Å². The number of likely N-dealkylation sites (N-methyl/N-ethyl adjacent to an activating group) is 1. The molecule has 0 saturated carbocycles. The van der Waals surface area contributed by atoms with Crippen LogP contribution in [0.15, 0.2) is 24.3 Å². The van der Waals surface area contributed by atoms with Gasteiger partial charge in [0.15, 0.2) is 0 Å². The zero-order valence-electron chi connectivity index (χ0n) is 13.0. The van der Waals surface area contributed by atoms with Crippen molar-refractivity contribution in [3.63, 3.8) is 0 Å². The molecule has 2 heteroatoms. The molecule has 1 aliphatic rings. The third-order valence-corrected chi connectivity index (χ3v) is 4.07. The molecular weight excluding hydrogens is 234 g/mol. The van der Waals surface area contributed by atoms with E-state index in [2.05, 4.69) is 38.2 Å². The van der Waals surface area contributed by atoms with Gasteiger partial charge in [0.2, 0.25) is 0 Å². The highest BCUT2D eigenvalue weighted by Crippen LogP contribution is 2.18. The highest BCUT2D eigenvalue weighted by molar-refractivity contribution is 5.21. The maximum absolute atomic E-state index is 9.55. The predicted octanol–water partition coefficient (Wildman–Crippen LogP) is 3.17. The van der Waals surface area contributed by atoms with Crippen molar-refractivity contribution >= 4 is 0 Å². The van der Waals surface area contributed by atoms with E-state index >= 15 is 0 Å². The van der Waals surface area contributed by atoms with E-state index in [1.807, 2.05) is 13.8 Å². The molecule has 0 bridgehead atoms. The number of aliphatic hydroxyl groups is 1. The lowest BCUT2D eigenvalue weighted by Gasteiger charge is -2.39. The lowest BCUT2D eigenvalue weighted by Crippen LogP contribution is -2.51. The number of aryl methyl sites for hydroxylation is 1. The Balaban J connectivity index is 0.000000861. The zero-order valence-corrected chi connectivity index (χ0v) is 13.0. The van der Waals surface area contributed by atoms with Crippen LogP contribution in [0, 0.1) is 6.92 Å². The van der Waals surface area contributed by atoms with Crippen LogP contribution in [0.25, 0.3) is 0 Å². The summed E-state index contributed by atoms with van der Waals surface area (Å²) >= 11 is 0. The largest absolute Gasteiger partial charge is 0.393 e. The SMILES string of the molecule is CC.Cc1ccc(CC[N+]2(C)CCC(O)CC2)cc1. The fourth-order valence-corrected chi connectivity index (χ4v) is 2.55. The van der Waals surface area contributed by atoms with Gasteiger partial charge in [-0.25, -0.2) is 0 Å². The summed E-state index contributed by atoms with van der Waals surface area (Å²) in [5.41, 5.74) is 2.76. The number of aliphatic hydroxyl groups excluding tert-OH is 1. The summed E-state index contributed by atoms with van der Waals surface area (Å²) < 4.78 is 1.12. The summed E-state index contributed by atoms with van der Waals surface area (Å²) in [6.07, 6.45) is 3.02. The van der Waals surface area contributed by atoms with E-state index < -0.39 is 0 Å². The second-order valence-electron chi connectivity index (χ2n) is 5.76. The van der Waals surface area contributed by atoms with E-state index in [0.29, 0.717) is 0 Å². The molecule has 0 aliphatic carbocycles. The number of likely N-dealkylation sites (tertiary alicyclic amines) is 1. The summed E-state index contributed by atoms with van der Waals surface area (Å²) in [5, 5.41) is 9.55. The Morgan fingerprint density at radius 3 is 2.16 bits per heavy atom. The minimum Gasteiger partial charge on any atom is -0.393 e. The molecule has 0 atom stereocenters. The molecule has 1 aromatic rings. The Morgan fingerprint density at radius 1 is 1.11 bits per heavy atom. The highest BCUT2D eigenvalue weighted by atomic mass is 16.3. The van der Waals surface area contributed by atoms with Crippen molar-refractivity contribution in [2.24, 2.45) is 0 Å². The monoisotopic (exact) mass is 264 g/mol. The van der Waals surface area contributed by atoms with E-state index in [-0.39, 0.29) is 6.10 Å². The first-order valence-electron chi connectivity index (χ1n) is 7.65. The van der Waals surface area contributed by atoms with Gasteiger partial charge >= 0.3 is 0 Å². The summed E-state index contributed by atoms with van der Waals surface area (Å²) in [5.74, 6) is 0. The normalized spacial score (nSPS) is 26.5. The summed E-state index contributed by atoms with van der Waals surface area (Å²) in [7, 11) is 2.32. The number of hydrogen-bond donors (Lipinski definition) is 1. The van der Waals surface area contributed by atoms with Gasteiger partial charge in [-0.15, -0.1) is 0 Å². The van der Waals surface area contributed by atoms with Crippen molar-refractivity contribution in [1.82, 2.24) is 0 Å². The number of benzene rings is 1. The van der Waals surface area contributed by atoms with Crippen LogP contribution in [0.1, 0.15) is 37.8 Å². The molecular formula is C17H30NO+. The second kappa shape index (κ2) is 7.66. The van der Waals surface area contributed by atoms with E-state index in [9.17, 15) is 5.11 Å². The maximum atomic E-state index is 9.55. The Kier molecular flexibility index (Phi) is 6.53. The van der Waals surface area contributed by atoms with Crippen LogP contribution in [0.2, 0.25) is 0 Å². The number of hydrogen-bond acceptors (Lipinski definition) is 1. The minimum absolute atomic E-state index is 0.0550. The fraction of sp³-hybridized carbons (Fsp3) is 0.647. The Hall–Kier alpha value is -0.860. The van der Waals surface area contributed by atoms with Gasteiger partial charge in [0.1, 0.15) is 0 Å². The van der Waals surface area contributed by atoms with Crippen LogP contribution in [0.4, 0.5) is 0 Å². The van der Waals surface area contributed by atoms with Crippen molar-refractivity contribution < 1.29 is 9.59 Å². The molecule has 2 nitrogen and oxygen atoms in total. The fourth-order valence-electron chi connectivity index (χ4n) is 2.55. The quantitative estimate of drug-likeness (QED) is 0.832. The smallest absolute Gasteiger partial charge is 0.0825 e. The van der Waals surface area contributed by atoms with Gasteiger partial charge in [0, 0.05) is 19.3 Å².